The number of carbonyl (C=O) groups is 1. The molecule has 0 unspecified atom stereocenters. The third kappa shape index (κ3) is 3.79. The van der Waals surface area contributed by atoms with Crippen LogP contribution in [0.15, 0.2) is 57.9 Å². The maximum Gasteiger partial charge on any atom is 0.261 e. The monoisotopic (exact) mass is 408 g/mol. The number of rotatable bonds is 4. The lowest BCUT2D eigenvalue weighted by Crippen LogP contribution is -2.27. The predicted octanol–water partition coefficient (Wildman–Crippen LogP) is 3.49. The summed E-state index contributed by atoms with van der Waals surface area (Å²) in [7, 11) is -3.69. The molecule has 7 heteroatoms. The molecule has 0 bridgehead atoms. The lowest BCUT2D eigenvalue weighted by Gasteiger charge is -2.16. The number of amides is 1. The highest BCUT2D eigenvalue weighted by Crippen LogP contribution is 2.20. The highest BCUT2D eigenvalue weighted by atomic mass is 79.9. The number of nitrogens with zero attached hydrogens (tertiary/aromatic N) is 1. The number of benzene rings is 2. The lowest BCUT2D eigenvalue weighted by atomic mass is 10.2. The summed E-state index contributed by atoms with van der Waals surface area (Å²) in [5.74, 6) is -0.0582. The number of sulfonamides is 1. The molecule has 2 aromatic rings. The number of halogens is 1. The third-order valence-electron chi connectivity index (χ3n) is 3.88. The van der Waals surface area contributed by atoms with Crippen LogP contribution in [0.1, 0.15) is 23.2 Å². The minimum absolute atomic E-state index is 0.0582. The first-order chi connectivity index (χ1) is 11.5. The van der Waals surface area contributed by atoms with E-state index in [2.05, 4.69) is 20.7 Å². The van der Waals surface area contributed by atoms with Crippen molar-refractivity contribution in [1.82, 2.24) is 4.90 Å². The van der Waals surface area contributed by atoms with Crippen LogP contribution in [0, 0.1) is 0 Å². The summed E-state index contributed by atoms with van der Waals surface area (Å²) in [5, 5.41) is 0. The molecule has 5 nitrogen and oxygen atoms in total. The zero-order valence-electron chi connectivity index (χ0n) is 12.9. The molecule has 1 saturated heterocycles. The largest absolute Gasteiger partial charge is 0.339 e. The van der Waals surface area contributed by atoms with Crippen LogP contribution in [0.5, 0.6) is 0 Å². The van der Waals surface area contributed by atoms with Crippen molar-refractivity contribution in [2.24, 2.45) is 0 Å². The third-order valence-corrected chi connectivity index (χ3v) is 5.80. The van der Waals surface area contributed by atoms with E-state index in [0.29, 0.717) is 11.3 Å². The maximum atomic E-state index is 12.4. The zero-order valence-corrected chi connectivity index (χ0v) is 15.3. The highest BCUT2D eigenvalue weighted by Gasteiger charge is 2.20. The summed E-state index contributed by atoms with van der Waals surface area (Å²) >= 11 is 3.28. The summed E-state index contributed by atoms with van der Waals surface area (Å²) in [6.07, 6.45) is 2.03. The minimum Gasteiger partial charge on any atom is -0.339 e. The van der Waals surface area contributed by atoms with Crippen LogP contribution in [0.4, 0.5) is 5.69 Å². The second-order valence-electron chi connectivity index (χ2n) is 5.64. The van der Waals surface area contributed by atoms with Crippen LogP contribution in [-0.2, 0) is 10.0 Å². The van der Waals surface area contributed by atoms with Crippen molar-refractivity contribution in [3.63, 3.8) is 0 Å². The molecular formula is C17H17BrN2O3S. The first-order valence-corrected chi connectivity index (χ1v) is 9.91. The van der Waals surface area contributed by atoms with Crippen molar-refractivity contribution in [1.29, 1.82) is 0 Å². The van der Waals surface area contributed by atoms with Crippen LogP contribution in [0.25, 0.3) is 0 Å². The van der Waals surface area contributed by atoms with E-state index < -0.39 is 10.0 Å². The van der Waals surface area contributed by atoms with Gasteiger partial charge in [-0.25, -0.2) is 8.42 Å². The topological polar surface area (TPSA) is 66.5 Å². The van der Waals surface area contributed by atoms with E-state index in [4.69, 9.17) is 0 Å². The summed E-state index contributed by atoms with van der Waals surface area (Å²) in [4.78, 5) is 14.4. The Morgan fingerprint density at radius 1 is 1.04 bits per heavy atom. The number of nitrogens with one attached hydrogen (secondary N) is 1. The van der Waals surface area contributed by atoms with E-state index in [-0.39, 0.29) is 10.8 Å². The van der Waals surface area contributed by atoms with Gasteiger partial charge < -0.3 is 4.90 Å². The molecule has 126 valence electrons. The van der Waals surface area contributed by atoms with Gasteiger partial charge in [0.25, 0.3) is 15.9 Å². The fourth-order valence-corrected chi connectivity index (χ4v) is 3.96. The van der Waals surface area contributed by atoms with Crippen molar-refractivity contribution in [2.75, 3.05) is 17.8 Å². The second-order valence-corrected chi connectivity index (χ2v) is 8.24. The molecule has 0 spiro atoms. The van der Waals surface area contributed by atoms with E-state index in [1.54, 1.807) is 41.3 Å². The molecule has 3 rings (SSSR count). The molecule has 1 amide bonds. The van der Waals surface area contributed by atoms with Crippen molar-refractivity contribution >= 4 is 37.5 Å². The van der Waals surface area contributed by atoms with Gasteiger partial charge in [-0.1, -0.05) is 22.0 Å². The molecule has 0 atom stereocenters. The molecule has 1 N–H and O–H groups in total. The Kier molecular flexibility index (Phi) is 4.91. The molecule has 2 aromatic carbocycles. The fraction of sp³-hybridized carbons (Fsp3) is 0.235. The number of hydrogen-bond acceptors (Lipinski definition) is 3. The Hall–Kier alpha value is -1.86. The van der Waals surface area contributed by atoms with E-state index in [1.807, 2.05) is 0 Å². The Bertz CT molecular complexity index is 844. The summed E-state index contributed by atoms with van der Waals surface area (Å²) in [6, 6.07) is 13.0. The Morgan fingerprint density at radius 2 is 1.71 bits per heavy atom. The van der Waals surface area contributed by atoms with Gasteiger partial charge in [-0.05, 0) is 55.3 Å². The smallest absolute Gasteiger partial charge is 0.261 e. The normalized spacial score (nSPS) is 14.6. The SMILES string of the molecule is O=C(c1cccc(NS(=O)(=O)c2ccc(Br)cc2)c1)N1CCCC1. The minimum atomic E-state index is -3.69. The number of likely N-dealkylation sites (tertiary alicyclic amines) is 1. The quantitative estimate of drug-likeness (QED) is 0.841. The van der Waals surface area contributed by atoms with Gasteiger partial charge in [0.05, 0.1) is 4.90 Å². The van der Waals surface area contributed by atoms with Crippen molar-refractivity contribution in [2.45, 2.75) is 17.7 Å². The first kappa shape index (κ1) is 17.0. The van der Waals surface area contributed by atoms with E-state index in [0.717, 1.165) is 30.4 Å². The van der Waals surface area contributed by atoms with Gasteiger partial charge in [-0.2, -0.15) is 0 Å². The van der Waals surface area contributed by atoms with Crippen LogP contribution in [0.3, 0.4) is 0 Å². The van der Waals surface area contributed by atoms with Crippen molar-refractivity contribution in [3.8, 4) is 0 Å². The first-order valence-electron chi connectivity index (χ1n) is 7.63. The van der Waals surface area contributed by atoms with Gasteiger partial charge >= 0.3 is 0 Å². The van der Waals surface area contributed by atoms with Gasteiger partial charge in [0.1, 0.15) is 0 Å². The summed E-state index contributed by atoms with van der Waals surface area (Å²) < 4.78 is 28.2. The van der Waals surface area contributed by atoms with Gasteiger partial charge in [0, 0.05) is 28.8 Å². The summed E-state index contributed by atoms with van der Waals surface area (Å²) in [5.41, 5.74) is 0.871. The molecule has 0 saturated carbocycles. The highest BCUT2D eigenvalue weighted by molar-refractivity contribution is 9.10. The predicted molar refractivity (Wildman–Crippen MR) is 96.5 cm³/mol. The van der Waals surface area contributed by atoms with Crippen LogP contribution < -0.4 is 4.72 Å². The molecule has 1 aliphatic rings. The summed E-state index contributed by atoms with van der Waals surface area (Å²) in [6.45, 7) is 1.52. The van der Waals surface area contributed by atoms with Gasteiger partial charge in [-0.15, -0.1) is 0 Å². The van der Waals surface area contributed by atoms with Crippen molar-refractivity contribution in [3.05, 3.63) is 58.6 Å². The number of anilines is 1. The van der Waals surface area contributed by atoms with Crippen LogP contribution in [-0.4, -0.2) is 32.3 Å². The average Bonchev–Trinajstić information content (AvgIpc) is 3.09. The lowest BCUT2D eigenvalue weighted by molar-refractivity contribution is 0.0793. The van der Waals surface area contributed by atoms with Gasteiger partial charge in [0.2, 0.25) is 0 Å². The molecule has 0 aromatic heterocycles. The van der Waals surface area contributed by atoms with E-state index >= 15 is 0 Å². The molecule has 1 aliphatic heterocycles. The molecule has 1 heterocycles. The zero-order chi connectivity index (χ0) is 17.2. The molecule has 1 fully saturated rings. The molecule has 0 radical (unpaired) electrons. The molecular weight excluding hydrogens is 392 g/mol. The molecule has 24 heavy (non-hydrogen) atoms. The number of carbonyl (C=O) groups excluding carboxylic acids is 1. The second kappa shape index (κ2) is 6.94. The van der Waals surface area contributed by atoms with E-state index in [1.165, 1.54) is 12.1 Å². The maximum absolute atomic E-state index is 12.4. The van der Waals surface area contributed by atoms with Crippen molar-refractivity contribution < 1.29 is 13.2 Å². The van der Waals surface area contributed by atoms with Gasteiger partial charge in [-0.3, -0.25) is 9.52 Å². The standard InChI is InChI=1S/C17H17BrN2O3S/c18-14-6-8-16(9-7-14)24(22,23)19-15-5-3-4-13(12-15)17(21)20-10-1-2-11-20/h3-9,12,19H,1-2,10-11H2. The number of hydrogen-bond donors (Lipinski definition) is 1. The van der Waals surface area contributed by atoms with Gasteiger partial charge in [0.15, 0.2) is 0 Å². The average molecular weight is 409 g/mol. The Labute approximate surface area is 149 Å². The fourth-order valence-electron chi connectivity index (χ4n) is 2.65. The Morgan fingerprint density at radius 3 is 2.38 bits per heavy atom. The molecule has 0 aliphatic carbocycles. The van der Waals surface area contributed by atoms with Crippen LogP contribution in [0.2, 0.25) is 0 Å². The van der Waals surface area contributed by atoms with E-state index in [9.17, 15) is 13.2 Å². The Balaban J connectivity index is 1.81. The van der Waals surface area contributed by atoms with Crippen LogP contribution >= 0.6 is 15.9 Å².